The molecule has 0 radical (unpaired) electrons. The highest BCUT2D eigenvalue weighted by Gasteiger charge is 2.25. The number of nitrogens with zero attached hydrogens (tertiary/aromatic N) is 2. The van der Waals surface area contributed by atoms with E-state index in [0.29, 0.717) is 44.9 Å². The van der Waals surface area contributed by atoms with Crippen molar-refractivity contribution in [1.82, 2.24) is 19.9 Å². The first-order chi connectivity index (χ1) is 21.4. The predicted molar refractivity (Wildman–Crippen MR) is 177 cm³/mol. The molecule has 0 saturated heterocycles. The largest absolute Gasteiger partial charge is 0.481 e. The van der Waals surface area contributed by atoms with Crippen LogP contribution < -0.4 is 5.73 Å². The summed E-state index contributed by atoms with van der Waals surface area (Å²) in [5.74, 6) is -2.52. The van der Waals surface area contributed by atoms with Crippen LogP contribution in [-0.2, 0) is 16.0 Å². The molecule has 2 aliphatic heterocycles. The summed E-state index contributed by atoms with van der Waals surface area (Å²) in [6.45, 7) is 15.6. The SMILES string of the molecule is C=CC1=C(C)c2cc3nc(cc4[nH]c(cc5[nH]c(c(C)c5C=C)c(C(N)=O)c1n2)c(C)c4CCC(=O)O)C(CCC(=O)O)=C3C. The minimum Gasteiger partial charge on any atom is -0.481 e. The summed E-state index contributed by atoms with van der Waals surface area (Å²) in [4.78, 5) is 52.9. The fraction of sp³-hybridized carbons (Fsp3) is 0.229. The van der Waals surface area contributed by atoms with Crippen molar-refractivity contribution in [3.8, 4) is 0 Å². The molecule has 10 heteroatoms. The molecule has 6 N–H and O–H groups in total. The number of aromatic nitrogens is 4. The zero-order valence-electron chi connectivity index (χ0n) is 25.7. The van der Waals surface area contributed by atoms with Crippen LogP contribution in [0.15, 0.2) is 37.4 Å². The lowest BCUT2D eigenvalue weighted by Gasteiger charge is -2.03. The van der Waals surface area contributed by atoms with Crippen LogP contribution in [0.2, 0.25) is 0 Å². The van der Waals surface area contributed by atoms with Gasteiger partial charge in [-0.1, -0.05) is 25.3 Å². The maximum absolute atomic E-state index is 13.1. The quantitative estimate of drug-likeness (QED) is 0.182. The van der Waals surface area contributed by atoms with Gasteiger partial charge in [0.05, 0.1) is 33.9 Å². The molecule has 0 aromatic carbocycles. The number of carboxylic acids is 2. The molecule has 0 atom stereocenters. The zero-order chi connectivity index (χ0) is 32.7. The third kappa shape index (κ3) is 5.50. The summed E-state index contributed by atoms with van der Waals surface area (Å²) in [5.41, 5.74) is 17.2. The lowest BCUT2D eigenvalue weighted by atomic mass is 9.99. The van der Waals surface area contributed by atoms with Crippen LogP contribution in [-0.4, -0.2) is 48.0 Å². The van der Waals surface area contributed by atoms with Crippen LogP contribution in [0.1, 0.15) is 88.5 Å². The van der Waals surface area contributed by atoms with Crippen LogP contribution in [0.5, 0.6) is 0 Å². The van der Waals surface area contributed by atoms with Crippen molar-refractivity contribution in [2.75, 3.05) is 0 Å². The van der Waals surface area contributed by atoms with Gasteiger partial charge in [0.15, 0.2) is 0 Å². The highest BCUT2D eigenvalue weighted by Crippen LogP contribution is 2.38. The Bertz CT molecular complexity index is 2070. The summed E-state index contributed by atoms with van der Waals surface area (Å²) in [6.07, 6.45) is 3.71. The van der Waals surface area contributed by atoms with Crippen LogP contribution >= 0.6 is 0 Å². The smallest absolute Gasteiger partial charge is 0.303 e. The number of aromatic amines is 2. The van der Waals surface area contributed by atoms with E-state index in [4.69, 9.17) is 15.7 Å². The number of rotatable bonds is 9. The molecule has 8 bridgehead atoms. The van der Waals surface area contributed by atoms with Gasteiger partial charge < -0.3 is 25.9 Å². The summed E-state index contributed by atoms with van der Waals surface area (Å²) in [5, 5.41) is 19.0. The van der Waals surface area contributed by atoms with Crippen LogP contribution in [0, 0.1) is 13.8 Å². The van der Waals surface area contributed by atoms with Gasteiger partial charge in [-0.3, -0.25) is 14.4 Å². The van der Waals surface area contributed by atoms with E-state index in [0.717, 1.165) is 44.5 Å². The van der Waals surface area contributed by atoms with Gasteiger partial charge in [0, 0.05) is 40.5 Å². The van der Waals surface area contributed by atoms with Crippen molar-refractivity contribution in [2.24, 2.45) is 5.73 Å². The molecular weight excluding hydrogens is 570 g/mol. The number of carbonyl (C=O) groups excluding carboxylic acids is 1. The third-order valence-corrected chi connectivity index (χ3v) is 8.60. The number of H-pyrrole nitrogens is 2. The first-order valence-electron chi connectivity index (χ1n) is 14.5. The fourth-order valence-corrected chi connectivity index (χ4v) is 6.12. The average Bonchev–Trinajstić information content (AvgIpc) is 3.64. The number of nitrogens with one attached hydrogen (secondary N) is 2. The van der Waals surface area contributed by atoms with Crippen molar-refractivity contribution < 1.29 is 24.6 Å². The van der Waals surface area contributed by atoms with E-state index in [-0.39, 0.29) is 31.2 Å². The van der Waals surface area contributed by atoms with E-state index >= 15 is 0 Å². The Morgan fingerprint density at radius 2 is 1.47 bits per heavy atom. The maximum Gasteiger partial charge on any atom is 0.303 e. The van der Waals surface area contributed by atoms with Gasteiger partial charge in [-0.05, 0) is 92.1 Å². The molecule has 5 heterocycles. The van der Waals surface area contributed by atoms with Gasteiger partial charge in [-0.2, -0.15) is 0 Å². The van der Waals surface area contributed by atoms with Crippen molar-refractivity contribution in [3.05, 3.63) is 88.0 Å². The molecule has 1 amide bonds. The monoisotopic (exact) mass is 605 g/mol. The Morgan fingerprint density at radius 1 is 0.800 bits per heavy atom. The topological polar surface area (TPSA) is 175 Å². The molecule has 2 aliphatic rings. The third-order valence-electron chi connectivity index (χ3n) is 8.60. The normalized spacial score (nSPS) is 12.9. The van der Waals surface area contributed by atoms with Gasteiger partial charge in [0.2, 0.25) is 0 Å². The number of carboxylic acid groups (broad SMARTS) is 2. The lowest BCUT2D eigenvalue weighted by Crippen LogP contribution is -2.14. The number of hydrogen-bond acceptors (Lipinski definition) is 5. The minimum absolute atomic E-state index is 0.0758. The Kier molecular flexibility index (Phi) is 8.16. The van der Waals surface area contributed by atoms with Gasteiger partial charge in [0.25, 0.3) is 5.91 Å². The first kappa shape index (κ1) is 30.9. The Hall–Kier alpha value is -5.51. The predicted octanol–water partition coefficient (Wildman–Crippen LogP) is 6.60. The molecule has 0 fully saturated rings. The number of allylic oxidation sites excluding steroid dienone is 5. The summed E-state index contributed by atoms with van der Waals surface area (Å²) in [6, 6.07) is 5.58. The Labute approximate surface area is 259 Å². The number of nitrogens with two attached hydrogens (primary N) is 1. The zero-order valence-corrected chi connectivity index (χ0v) is 25.7. The number of carbonyl (C=O) groups is 3. The molecule has 0 spiro atoms. The number of hydrogen-bond donors (Lipinski definition) is 5. The van der Waals surface area contributed by atoms with Crippen molar-refractivity contribution in [3.63, 3.8) is 0 Å². The average molecular weight is 606 g/mol. The second-order valence-electron chi connectivity index (χ2n) is 11.2. The summed E-state index contributed by atoms with van der Waals surface area (Å²) >= 11 is 0. The molecule has 45 heavy (non-hydrogen) atoms. The van der Waals surface area contributed by atoms with Gasteiger partial charge in [0.1, 0.15) is 0 Å². The van der Waals surface area contributed by atoms with Crippen LogP contribution in [0.25, 0.3) is 50.4 Å². The molecule has 10 nitrogen and oxygen atoms in total. The molecule has 0 aliphatic carbocycles. The first-order valence-corrected chi connectivity index (χ1v) is 14.5. The van der Waals surface area contributed by atoms with E-state index in [1.807, 2.05) is 45.9 Å². The number of aliphatic carboxylic acids is 2. The second-order valence-corrected chi connectivity index (χ2v) is 11.2. The molecule has 0 unspecified atom stereocenters. The van der Waals surface area contributed by atoms with Crippen molar-refractivity contribution >= 4 is 68.3 Å². The second kappa shape index (κ2) is 11.9. The molecule has 0 saturated carbocycles. The van der Waals surface area contributed by atoms with Gasteiger partial charge in [-0.25, -0.2) is 9.97 Å². The molecule has 5 rings (SSSR count). The lowest BCUT2D eigenvalue weighted by molar-refractivity contribution is -0.137. The fourth-order valence-electron chi connectivity index (χ4n) is 6.12. The van der Waals surface area contributed by atoms with E-state index in [9.17, 15) is 24.6 Å². The molecule has 230 valence electrons. The Balaban J connectivity index is 2.02. The number of amides is 1. The highest BCUT2D eigenvalue weighted by molar-refractivity contribution is 6.10. The summed E-state index contributed by atoms with van der Waals surface area (Å²) in [7, 11) is 0. The van der Waals surface area contributed by atoms with Crippen LogP contribution in [0.3, 0.4) is 0 Å². The Morgan fingerprint density at radius 3 is 2.09 bits per heavy atom. The maximum atomic E-state index is 13.1. The van der Waals surface area contributed by atoms with Gasteiger partial charge in [-0.15, -0.1) is 0 Å². The number of aryl methyl sites for hydroxylation is 3. The van der Waals surface area contributed by atoms with Crippen molar-refractivity contribution in [1.29, 1.82) is 0 Å². The van der Waals surface area contributed by atoms with Crippen LogP contribution in [0.4, 0.5) is 0 Å². The highest BCUT2D eigenvalue weighted by atomic mass is 16.4. The summed E-state index contributed by atoms with van der Waals surface area (Å²) < 4.78 is 0. The minimum atomic E-state index is -0.929. The number of primary amides is 1. The number of fused-ring (bicyclic) bond motifs is 8. The van der Waals surface area contributed by atoms with Gasteiger partial charge >= 0.3 is 11.9 Å². The standard InChI is InChI=1S/C35H35N5O5/c1-7-20-19(6)33-32(35(36)45)34-21(8-2)16(3)26(39-34)13-24-17(4)22(9-11-30(41)42)28(37-24)15-29-23(10-12-31(43)44)18(5)25(38-29)14-27(20)40-33/h7-8,13-15,38,40H,1-2,9-12H2,3-6H3,(H2,36,45)(H,41,42)(H,43,44). The van der Waals surface area contributed by atoms with Crippen molar-refractivity contribution in [2.45, 2.75) is 53.4 Å². The van der Waals surface area contributed by atoms with E-state index in [1.165, 1.54) is 0 Å². The van der Waals surface area contributed by atoms with E-state index in [2.05, 4.69) is 23.1 Å². The molecule has 3 aromatic heterocycles. The molecule has 3 aromatic rings. The molecular formula is C35H35N5O5. The van der Waals surface area contributed by atoms with E-state index in [1.54, 1.807) is 12.2 Å². The van der Waals surface area contributed by atoms with E-state index < -0.39 is 17.8 Å².